The smallest absolute Gasteiger partial charge is 0.407 e. The largest absolute Gasteiger partial charge is 0.448 e. The van der Waals surface area contributed by atoms with Crippen molar-refractivity contribution in [1.82, 2.24) is 5.32 Å². The Morgan fingerprint density at radius 2 is 2.16 bits per heavy atom. The number of ketones is 1. The van der Waals surface area contributed by atoms with Crippen molar-refractivity contribution in [2.24, 2.45) is 23.2 Å². The van der Waals surface area contributed by atoms with Crippen LogP contribution < -0.4 is 5.32 Å². The van der Waals surface area contributed by atoms with Gasteiger partial charge in [0.25, 0.3) is 0 Å². The molecule has 3 aliphatic rings. The number of alkyl carbamates (subject to hydrolysis) is 1. The minimum absolute atomic E-state index is 0.152. The molecule has 4 heteroatoms. The maximum absolute atomic E-state index is 12.0. The first-order valence-electron chi connectivity index (χ1n) is 7.20. The van der Waals surface area contributed by atoms with Crippen LogP contribution in [0.4, 0.5) is 4.79 Å². The number of allylic oxidation sites excluding steroid dienone is 2. The van der Waals surface area contributed by atoms with Crippen molar-refractivity contribution in [3.05, 3.63) is 12.2 Å². The summed E-state index contributed by atoms with van der Waals surface area (Å²) in [6.07, 6.45) is 8.21. The number of hydrogen-bond donors (Lipinski definition) is 1. The van der Waals surface area contributed by atoms with Crippen molar-refractivity contribution < 1.29 is 14.3 Å². The van der Waals surface area contributed by atoms with Crippen molar-refractivity contribution in [3.63, 3.8) is 0 Å². The van der Waals surface area contributed by atoms with Crippen LogP contribution in [0, 0.1) is 23.2 Å². The summed E-state index contributed by atoms with van der Waals surface area (Å²) < 4.78 is 5.32. The van der Waals surface area contributed by atoms with Gasteiger partial charge in [0, 0.05) is 6.54 Å². The number of ether oxygens (including phenoxy) is 1. The Labute approximate surface area is 113 Å². The van der Waals surface area contributed by atoms with Gasteiger partial charge in [-0.3, -0.25) is 4.79 Å². The van der Waals surface area contributed by atoms with Crippen molar-refractivity contribution in [2.75, 3.05) is 13.2 Å². The van der Waals surface area contributed by atoms with Gasteiger partial charge in [-0.1, -0.05) is 12.2 Å². The molecule has 0 aromatic heterocycles. The molecule has 0 spiro atoms. The molecule has 2 saturated carbocycles. The first-order valence-corrected chi connectivity index (χ1v) is 7.20. The second-order valence-electron chi connectivity index (χ2n) is 6.30. The van der Waals surface area contributed by atoms with Gasteiger partial charge in [-0.15, -0.1) is 0 Å². The molecule has 2 bridgehead atoms. The first kappa shape index (κ1) is 12.7. The summed E-state index contributed by atoms with van der Waals surface area (Å²) in [6, 6.07) is 0. The Morgan fingerprint density at radius 1 is 1.37 bits per heavy atom. The maximum Gasteiger partial charge on any atom is 0.407 e. The number of carbonyl (C=O) groups excluding carboxylic acids is 2. The molecular weight excluding hydrogens is 242 g/mol. The molecular formula is C15H21NO3. The molecule has 4 nitrogen and oxygen atoms in total. The Bertz CT molecular complexity index is 427. The summed E-state index contributed by atoms with van der Waals surface area (Å²) in [4.78, 5) is 23.6. The number of nitrogens with one attached hydrogen (secondary N) is 1. The van der Waals surface area contributed by atoms with Gasteiger partial charge in [0.2, 0.25) is 0 Å². The number of Topliss-reactive ketones (excluding diaryl/α,β-unsaturated/α-hetero) is 1. The van der Waals surface area contributed by atoms with E-state index in [2.05, 4.69) is 17.5 Å². The van der Waals surface area contributed by atoms with Gasteiger partial charge in [0.15, 0.2) is 0 Å². The van der Waals surface area contributed by atoms with E-state index in [9.17, 15) is 9.59 Å². The topological polar surface area (TPSA) is 55.4 Å². The highest BCUT2D eigenvalue weighted by molar-refractivity contribution is 5.84. The molecule has 1 N–H and O–H groups in total. The molecule has 0 aromatic rings. The number of hydrogen-bond acceptors (Lipinski definition) is 3. The average Bonchev–Trinajstić information content (AvgIpc) is 3.00. The molecule has 1 amide bonds. The van der Waals surface area contributed by atoms with Crippen LogP contribution in [0.3, 0.4) is 0 Å². The minimum Gasteiger partial charge on any atom is -0.448 e. The zero-order chi connectivity index (χ0) is 13.5. The second-order valence-corrected chi connectivity index (χ2v) is 6.30. The molecule has 3 atom stereocenters. The fourth-order valence-electron chi connectivity index (χ4n) is 3.42. The van der Waals surface area contributed by atoms with Gasteiger partial charge in [-0.2, -0.15) is 0 Å². The predicted molar refractivity (Wildman–Crippen MR) is 70.5 cm³/mol. The molecule has 0 aromatic carbocycles. The van der Waals surface area contributed by atoms with Crippen LogP contribution in [0.5, 0.6) is 0 Å². The third-order valence-electron chi connectivity index (χ3n) is 4.90. The van der Waals surface area contributed by atoms with E-state index in [0.717, 1.165) is 12.8 Å². The summed E-state index contributed by atoms with van der Waals surface area (Å²) in [6.45, 7) is 2.56. The Hall–Kier alpha value is -1.32. The number of amides is 1. The average molecular weight is 263 g/mol. The highest BCUT2D eigenvalue weighted by atomic mass is 16.5. The number of fused-ring (bicyclic) bond motifs is 2. The second kappa shape index (κ2) is 4.66. The van der Waals surface area contributed by atoms with E-state index in [0.29, 0.717) is 18.4 Å². The summed E-state index contributed by atoms with van der Waals surface area (Å²) in [5, 5.41) is 2.78. The molecule has 0 saturated heterocycles. The molecule has 0 heterocycles. The van der Waals surface area contributed by atoms with E-state index in [1.165, 1.54) is 12.8 Å². The quantitative estimate of drug-likeness (QED) is 0.774. The third-order valence-corrected chi connectivity index (χ3v) is 4.90. The fraction of sp³-hybridized carbons (Fsp3) is 0.733. The Kier molecular flexibility index (Phi) is 3.11. The fourth-order valence-corrected chi connectivity index (χ4v) is 3.42. The lowest BCUT2D eigenvalue weighted by molar-refractivity contribution is -0.130. The monoisotopic (exact) mass is 263 g/mol. The van der Waals surface area contributed by atoms with Crippen LogP contribution in [0.2, 0.25) is 0 Å². The minimum atomic E-state index is -0.462. The van der Waals surface area contributed by atoms with Crippen molar-refractivity contribution >= 4 is 11.9 Å². The summed E-state index contributed by atoms with van der Waals surface area (Å²) in [5.41, 5.74) is -0.462. The van der Waals surface area contributed by atoms with Crippen LogP contribution in [0.25, 0.3) is 0 Å². The van der Waals surface area contributed by atoms with Gasteiger partial charge in [0.1, 0.15) is 12.4 Å². The van der Waals surface area contributed by atoms with Gasteiger partial charge < -0.3 is 10.1 Å². The lowest BCUT2D eigenvalue weighted by atomic mass is 9.73. The number of carbonyl (C=O) groups is 2. The van der Waals surface area contributed by atoms with Gasteiger partial charge in [0.05, 0.1) is 5.41 Å². The zero-order valence-electron chi connectivity index (χ0n) is 11.4. The summed E-state index contributed by atoms with van der Waals surface area (Å²) in [5.74, 6) is 1.54. The van der Waals surface area contributed by atoms with Crippen LogP contribution in [-0.2, 0) is 9.53 Å². The van der Waals surface area contributed by atoms with E-state index in [-0.39, 0.29) is 24.4 Å². The van der Waals surface area contributed by atoms with E-state index >= 15 is 0 Å². The molecule has 3 rings (SSSR count). The zero-order valence-corrected chi connectivity index (χ0v) is 11.4. The summed E-state index contributed by atoms with van der Waals surface area (Å²) >= 11 is 0. The van der Waals surface area contributed by atoms with Gasteiger partial charge >= 0.3 is 6.09 Å². The molecule has 0 aliphatic heterocycles. The van der Waals surface area contributed by atoms with Crippen LogP contribution >= 0.6 is 0 Å². The highest BCUT2D eigenvalue weighted by Crippen LogP contribution is 2.52. The van der Waals surface area contributed by atoms with E-state index in [1.807, 2.05) is 0 Å². The van der Waals surface area contributed by atoms with Crippen molar-refractivity contribution in [2.45, 2.75) is 32.6 Å². The van der Waals surface area contributed by atoms with Gasteiger partial charge in [-0.25, -0.2) is 4.79 Å². The molecule has 2 fully saturated rings. The van der Waals surface area contributed by atoms with Crippen molar-refractivity contribution in [1.29, 1.82) is 0 Å². The highest BCUT2D eigenvalue weighted by Gasteiger charge is 2.52. The standard InChI is InChI=1S/C15H21NO3/c1-10(17)15(7-12-4-5-13(15)6-12)9-19-14(18)16-8-11-2-3-11/h4-5,11-13H,2-3,6-9H2,1H3,(H,16,18)/t12-,13+,15+/m1/s1. The number of rotatable bonds is 5. The normalized spacial score (nSPS) is 35.4. The molecule has 3 aliphatic carbocycles. The van der Waals surface area contributed by atoms with Crippen LogP contribution in [0.15, 0.2) is 12.2 Å². The van der Waals surface area contributed by atoms with Crippen molar-refractivity contribution in [3.8, 4) is 0 Å². The lowest BCUT2D eigenvalue weighted by Gasteiger charge is -2.32. The van der Waals surface area contributed by atoms with E-state index in [4.69, 9.17) is 4.74 Å². The van der Waals surface area contributed by atoms with Gasteiger partial charge in [-0.05, 0) is 50.4 Å². The predicted octanol–water partition coefficient (Wildman–Crippen LogP) is 2.29. The van der Waals surface area contributed by atoms with E-state index in [1.54, 1.807) is 6.92 Å². The Balaban J connectivity index is 1.55. The summed E-state index contributed by atoms with van der Waals surface area (Å²) in [7, 11) is 0. The Morgan fingerprint density at radius 3 is 2.68 bits per heavy atom. The van der Waals surface area contributed by atoms with Crippen LogP contribution in [0.1, 0.15) is 32.6 Å². The SMILES string of the molecule is CC(=O)[C@@]1(COC(=O)NCC2CC2)C[C@@H]2C=C[C@H]1C2. The lowest BCUT2D eigenvalue weighted by Crippen LogP contribution is -2.40. The van der Waals surface area contributed by atoms with Crippen LogP contribution in [-0.4, -0.2) is 25.0 Å². The third kappa shape index (κ3) is 2.40. The molecule has 0 unspecified atom stereocenters. The molecule has 104 valence electrons. The molecule has 19 heavy (non-hydrogen) atoms. The first-order chi connectivity index (χ1) is 9.10. The van der Waals surface area contributed by atoms with E-state index < -0.39 is 5.41 Å². The molecule has 0 radical (unpaired) electrons. The maximum atomic E-state index is 12.0.